The lowest BCUT2D eigenvalue weighted by molar-refractivity contribution is 0.0980. The maximum Gasteiger partial charge on any atom is 0.162 e. The highest BCUT2D eigenvalue weighted by atomic mass is 16.1. The van der Waals surface area contributed by atoms with E-state index < -0.39 is 0 Å². The number of unbranched alkanes of at least 4 members (excludes halogenated alkanes) is 1. The summed E-state index contributed by atoms with van der Waals surface area (Å²) in [4.78, 5) is 11.9. The minimum atomic E-state index is 0.247. The molecule has 2 aromatic carbocycles. The van der Waals surface area contributed by atoms with Crippen LogP contribution in [0.4, 0.5) is 0 Å². The van der Waals surface area contributed by atoms with Crippen molar-refractivity contribution in [2.24, 2.45) is 0 Å². The predicted octanol–water partition coefficient (Wildman–Crippen LogP) is 4.73. The van der Waals surface area contributed by atoms with Gasteiger partial charge in [0.25, 0.3) is 0 Å². The number of carbonyl (C=O) groups is 1. The molecular weight excluding hydrogens is 220 g/mol. The van der Waals surface area contributed by atoms with Crippen LogP contribution in [0, 0.1) is 0 Å². The van der Waals surface area contributed by atoms with Crippen molar-refractivity contribution < 1.29 is 4.79 Å². The molecule has 0 bridgehead atoms. The molecule has 0 N–H and O–H groups in total. The zero-order valence-electron chi connectivity index (χ0n) is 10.7. The molecule has 0 aliphatic heterocycles. The van der Waals surface area contributed by atoms with Gasteiger partial charge in [-0.3, -0.25) is 4.79 Å². The lowest BCUT2D eigenvalue weighted by atomic mass is 10.0. The van der Waals surface area contributed by atoms with E-state index in [1.807, 2.05) is 42.5 Å². The van der Waals surface area contributed by atoms with Gasteiger partial charge in [0.1, 0.15) is 0 Å². The highest BCUT2D eigenvalue weighted by molar-refractivity contribution is 5.96. The maximum atomic E-state index is 11.9. The first-order valence-electron chi connectivity index (χ1n) is 6.50. The molecule has 1 nitrogen and oxygen atoms in total. The minimum absolute atomic E-state index is 0.247. The highest BCUT2D eigenvalue weighted by Crippen LogP contribution is 2.19. The van der Waals surface area contributed by atoms with Crippen molar-refractivity contribution in [1.82, 2.24) is 0 Å². The number of rotatable bonds is 5. The van der Waals surface area contributed by atoms with Crippen molar-refractivity contribution in [3.05, 3.63) is 60.2 Å². The molecule has 0 unspecified atom stereocenters. The first-order valence-corrected chi connectivity index (χ1v) is 6.50. The summed E-state index contributed by atoms with van der Waals surface area (Å²) in [5.41, 5.74) is 3.16. The van der Waals surface area contributed by atoms with Crippen LogP contribution < -0.4 is 0 Å². The SMILES string of the molecule is CCCCC(=O)c1ccc(-c2ccccc2)cc1. The second kappa shape index (κ2) is 6.15. The van der Waals surface area contributed by atoms with Crippen LogP contribution in [0.15, 0.2) is 54.6 Å². The van der Waals surface area contributed by atoms with Gasteiger partial charge in [0, 0.05) is 12.0 Å². The second-order valence-electron chi connectivity index (χ2n) is 4.47. The topological polar surface area (TPSA) is 17.1 Å². The van der Waals surface area contributed by atoms with E-state index in [1.54, 1.807) is 0 Å². The number of benzene rings is 2. The van der Waals surface area contributed by atoms with Crippen LogP contribution in [-0.2, 0) is 0 Å². The van der Waals surface area contributed by atoms with E-state index in [2.05, 4.69) is 19.1 Å². The molecular formula is C17H18O. The van der Waals surface area contributed by atoms with Gasteiger partial charge in [0.05, 0.1) is 0 Å². The molecule has 0 heterocycles. The van der Waals surface area contributed by atoms with Crippen molar-refractivity contribution in [2.45, 2.75) is 26.2 Å². The van der Waals surface area contributed by atoms with Gasteiger partial charge in [-0.1, -0.05) is 67.9 Å². The molecule has 0 aliphatic carbocycles. The Balaban J connectivity index is 2.13. The van der Waals surface area contributed by atoms with Gasteiger partial charge < -0.3 is 0 Å². The summed E-state index contributed by atoms with van der Waals surface area (Å²) in [6.45, 7) is 2.10. The van der Waals surface area contributed by atoms with Gasteiger partial charge in [-0.05, 0) is 17.5 Å². The smallest absolute Gasteiger partial charge is 0.162 e. The number of hydrogen-bond donors (Lipinski definition) is 0. The Morgan fingerprint density at radius 3 is 2.11 bits per heavy atom. The number of hydrogen-bond acceptors (Lipinski definition) is 1. The van der Waals surface area contributed by atoms with Gasteiger partial charge in [0.2, 0.25) is 0 Å². The van der Waals surface area contributed by atoms with Crippen LogP contribution in [0.25, 0.3) is 11.1 Å². The summed E-state index contributed by atoms with van der Waals surface area (Å²) in [6, 6.07) is 18.1. The Bertz CT molecular complexity index is 497. The van der Waals surface area contributed by atoms with Crippen LogP contribution >= 0.6 is 0 Å². The first-order chi connectivity index (χ1) is 8.81. The normalized spacial score (nSPS) is 10.3. The van der Waals surface area contributed by atoms with Crippen LogP contribution in [-0.4, -0.2) is 5.78 Å². The number of ketones is 1. The Kier molecular flexibility index (Phi) is 4.30. The van der Waals surface area contributed by atoms with Gasteiger partial charge in [0.15, 0.2) is 5.78 Å². The summed E-state index contributed by atoms with van der Waals surface area (Å²) in [5, 5.41) is 0. The lowest BCUT2D eigenvalue weighted by Crippen LogP contribution is -1.98. The summed E-state index contributed by atoms with van der Waals surface area (Å²) in [7, 11) is 0. The average molecular weight is 238 g/mol. The standard InChI is InChI=1S/C17H18O/c1-2-3-9-17(18)16-12-10-15(11-13-16)14-7-5-4-6-8-14/h4-8,10-13H,2-3,9H2,1H3. The third-order valence-corrected chi connectivity index (χ3v) is 3.07. The number of carbonyl (C=O) groups excluding carboxylic acids is 1. The Morgan fingerprint density at radius 1 is 0.889 bits per heavy atom. The van der Waals surface area contributed by atoms with Crippen LogP contribution in [0.3, 0.4) is 0 Å². The molecule has 0 amide bonds. The molecule has 0 saturated heterocycles. The quantitative estimate of drug-likeness (QED) is 0.688. The summed E-state index contributed by atoms with van der Waals surface area (Å²) in [6.07, 6.45) is 2.69. The third-order valence-electron chi connectivity index (χ3n) is 3.07. The van der Waals surface area contributed by atoms with E-state index in [1.165, 1.54) is 5.56 Å². The molecule has 0 spiro atoms. The molecule has 18 heavy (non-hydrogen) atoms. The lowest BCUT2D eigenvalue weighted by Gasteiger charge is -2.03. The van der Waals surface area contributed by atoms with Crippen LogP contribution in [0.2, 0.25) is 0 Å². The summed E-state index contributed by atoms with van der Waals surface area (Å²) < 4.78 is 0. The fraction of sp³-hybridized carbons (Fsp3) is 0.235. The molecule has 92 valence electrons. The fourth-order valence-electron chi connectivity index (χ4n) is 1.96. The van der Waals surface area contributed by atoms with Crippen LogP contribution in [0.1, 0.15) is 36.5 Å². The molecule has 0 fully saturated rings. The molecule has 2 aromatic rings. The number of Topliss-reactive ketones (excluding diaryl/α,β-unsaturated/α-hetero) is 1. The Hall–Kier alpha value is -1.89. The van der Waals surface area contributed by atoms with E-state index in [9.17, 15) is 4.79 Å². The molecule has 0 radical (unpaired) electrons. The summed E-state index contributed by atoms with van der Waals surface area (Å²) in [5.74, 6) is 0.247. The van der Waals surface area contributed by atoms with Gasteiger partial charge >= 0.3 is 0 Å². The summed E-state index contributed by atoms with van der Waals surface area (Å²) >= 11 is 0. The third kappa shape index (κ3) is 3.07. The largest absolute Gasteiger partial charge is 0.294 e. The Labute approximate surface area is 108 Å². The molecule has 0 aromatic heterocycles. The van der Waals surface area contributed by atoms with E-state index in [0.717, 1.165) is 24.0 Å². The fourth-order valence-corrected chi connectivity index (χ4v) is 1.96. The molecule has 2 rings (SSSR count). The molecule has 0 atom stereocenters. The van der Waals surface area contributed by atoms with Crippen molar-refractivity contribution >= 4 is 5.78 Å². The highest BCUT2D eigenvalue weighted by Gasteiger charge is 2.05. The van der Waals surface area contributed by atoms with Gasteiger partial charge in [-0.2, -0.15) is 0 Å². The predicted molar refractivity (Wildman–Crippen MR) is 75.7 cm³/mol. The monoisotopic (exact) mass is 238 g/mol. The van der Waals surface area contributed by atoms with Crippen molar-refractivity contribution in [3.63, 3.8) is 0 Å². The zero-order valence-corrected chi connectivity index (χ0v) is 10.7. The van der Waals surface area contributed by atoms with E-state index >= 15 is 0 Å². The van der Waals surface area contributed by atoms with E-state index in [4.69, 9.17) is 0 Å². The Morgan fingerprint density at radius 2 is 1.50 bits per heavy atom. The molecule has 0 saturated carbocycles. The minimum Gasteiger partial charge on any atom is -0.294 e. The molecule has 1 heteroatoms. The molecule has 0 aliphatic rings. The van der Waals surface area contributed by atoms with Gasteiger partial charge in [-0.25, -0.2) is 0 Å². The van der Waals surface area contributed by atoms with E-state index in [-0.39, 0.29) is 5.78 Å². The van der Waals surface area contributed by atoms with Crippen molar-refractivity contribution in [1.29, 1.82) is 0 Å². The van der Waals surface area contributed by atoms with Gasteiger partial charge in [-0.15, -0.1) is 0 Å². The second-order valence-corrected chi connectivity index (χ2v) is 4.47. The average Bonchev–Trinajstić information content (AvgIpc) is 2.46. The maximum absolute atomic E-state index is 11.9. The van der Waals surface area contributed by atoms with Crippen molar-refractivity contribution in [3.8, 4) is 11.1 Å². The van der Waals surface area contributed by atoms with E-state index in [0.29, 0.717) is 6.42 Å². The van der Waals surface area contributed by atoms with Crippen LogP contribution in [0.5, 0.6) is 0 Å². The first kappa shape index (κ1) is 12.6. The van der Waals surface area contributed by atoms with Crippen molar-refractivity contribution in [2.75, 3.05) is 0 Å². The zero-order chi connectivity index (χ0) is 12.8.